The second-order valence-corrected chi connectivity index (χ2v) is 7.47. The van der Waals surface area contributed by atoms with E-state index in [4.69, 9.17) is 8.85 Å². The first-order valence-electron chi connectivity index (χ1n) is 7.38. The zero-order chi connectivity index (χ0) is 15.0. The van der Waals surface area contributed by atoms with Gasteiger partial charge >= 0.3 is 8.56 Å². The van der Waals surface area contributed by atoms with E-state index in [0.29, 0.717) is 13.2 Å². The van der Waals surface area contributed by atoms with Gasteiger partial charge in [0.2, 0.25) is 0 Å². The molecule has 0 fully saturated rings. The molecule has 110 valence electrons. The molecule has 3 heteroatoms. The maximum Gasteiger partial charge on any atom is 0.399 e. The molecular formula is C18H22O2Si. The maximum atomic E-state index is 6.11. The fourth-order valence-corrected chi connectivity index (χ4v) is 5.00. The molecule has 0 spiro atoms. The number of rotatable bonds is 7. The van der Waals surface area contributed by atoms with Crippen molar-refractivity contribution in [1.82, 2.24) is 0 Å². The number of hydrogen-bond acceptors (Lipinski definition) is 2. The van der Waals surface area contributed by atoms with Crippen molar-refractivity contribution in [2.45, 2.75) is 13.8 Å². The van der Waals surface area contributed by atoms with Gasteiger partial charge in [-0.3, -0.25) is 0 Å². The highest BCUT2D eigenvalue weighted by Crippen LogP contribution is 2.13. The summed E-state index contributed by atoms with van der Waals surface area (Å²) in [6, 6.07) is 20.5. The maximum absolute atomic E-state index is 6.11. The van der Waals surface area contributed by atoms with E-state index < -0.39 is 8.56 Å². The minimum absolute atomic E-state index is 0.639. The lowest BCUT2D eigenvalue weighted by atomic mass is 10.2. The molecule has 0 bridgehead atoms. The highest BCUT2D eigenvalue weighted by atomic mass is 28.4. The van der Waals surface area contributed by atoms with Gasteiger partial charge in [0.05, 0.1) is 0 Å². The molecule has 2 aromatic rings. The van der Waals surface area contributed by atoms with Crippen LogP contribution in [0.1, 0.15) is 19.4 Å². The minimum Gasteiger partial charge on any atom is -0.388 e. The van der Waals surface area contributed by atoms with Crippen molar-refractivity contribution in [2.75, 3.05) is 13.2 Å². The van der Waals surface area contributed by atoms with E-state index in [1.54, 1.807) is 0 Å². The largest absolute Gasteiger partial charge is 0.399 e. The van der Waals surface area contributed by atoms with Crippen LogP contribution < -0.4 is 5.19 Å². The summed E-state index contributed by atoms with van der Waals surface area (Å²) in [6.45, 7) is 5.31. The summed E-state index contributed by atoms with van der Waals surface area (Å²) in [5.41, 5.74) is 3.29. The normalized spacial score (nSPS) is 11.9. The van der Waals surface area contributed by atoms with Gasteiger partial charge in [-0.1, -0.05) is 66.7 Å². The van der Waals surface area contributed by atoms with Gasteiger partial charge in [-0.2, -0.15) is 0 Å². The van der Waals surface area contributed by atoms with Gasteiger partial charge in [0.25, 0.3) is 0 Å². The Morgan fingerprint density at radius 1 is 0.810 bits per heavy atom. The van der Waals surface area contributed by atoms with Crippen LogP contribution in [0, 0.1) is 0 Å². The Bertz CT molecular complexity index is 546. The average Bonchev–Trinajstić information content (AvgIpc) is 2.55. The van der Waals surface area contributed by atoms with E-state index in [1.165, 1.54) is 0 Å². The first-order valence-corrected chi connectivity index (χ1v) is 9.28. The Hall–Kier alpha value is -1.68. The molecule has 21 heavy (non-hydrogen) atoms. The van der Waals surface area contributed by atoms with E-state index in [1.807, 2.05) is 50.2 Å². The lowest BCUT2D eigenvalue weighted by Gasteiger charge is -2.27. The molecule has 0 unspecified atom stereocenters. The summed E-state index contributed by atoms with van der Waals surface area (Å²) in [5, 5.41) is 1.14. The molecule has 0 aromatic heterocycles. The van der Waals surface area contributed by atoms with Crippen LogP contribution in [0.25, 0.3) is 6.08 Å². The summed E-state index contributed by atoms with van der Waals surface area (Å²) in [6.07, 6.45) is 2.10. The van der Waals surface area contributed by atoms with E-state index >= 15 is 0 Å². The lowest BCUT2D eigenvalue weighted by Crippen LogP contribution is -2.52. The average molecular weight is 298 g/mol. The highest BCUT2D eigenvalue weighted by molar-refractivity contribution is 6.86. The highest BCUT2D eigenvalue weighted by Gasteiger charge is 2.36. The molecule has 0 heterocycles. The third-order valence-corrected chi connectivity index (χ3v) is 6.37. The Morgan fingerprint density at radius 3 is 1.86 bits per heavy atom. The summed E-state index contributed by atoms with van der Waals surface area (Å²) < 4.78 is 12.2. The second kappa shape index (κ2) is 7.93. The van der Waals surface area contributed by atoms with E-state index in [2.05, 4.69) is 36.0 Å². The molecule has 0 saturated carbocycles. The fourth-order valence-electron chi connectivity index (χ4n) is 2.27. The topological polar surface area (TPSA) is 18.5 Å². The standard InChI is InChI=1S/C18H22O2Si/c1-3-19-21(20-4-2,18-13-9-6-10-14-18)16-15-17-11-7-5-8-12-17/h5-16H,3-4H2,1-2H3. The first-order chi connectivity index (χ1) is 10.3. The van der Waals surface area contributed by atoms with Crippen molar-refractivity contribution in [2.24, 2.45) is 0 Å². The molecule has 0 saturated heterocycles. The monoisotopic (exact) mass is 298 g/mol. The van der Waals surface area contributed by atoms with Crippen molar-refractivity contribution in [1.29, 1.82) is 0 Å². The quantitative estimate of drug-likeness (QED) is 0.726. The molecule has 2 rings (SSSR count). The zero-order valence-electron chi connectivity index (χ0n) is 12.7. The fraction of sp³-hybridized carbons (Fsp3) is 0.222. The molecule has 0 radical (unpaired) electrons. The SMILES string of the molecule is CCO[Si](C=Cc1ccccc1)(OCC)c1ccccc1. The van der Waals surface area contributed by atoms with E-state index in [0.717, 1.165) is 10.8 Å². The predicted molar refractivity (Wildman–Crippen MR) is 90.6 cm³/mol. The van der Waals surface area contributed by atoms with Gasteiger partial charge in [-0.05, 0) is 30.3 Å². The van der Waals surface area contributed by atoms with Crippen LogP contribution in [0.5, 0.6) is 0 Å². The molecule has 0 aliphatic heterocycles. The van der Waals surface area contributed by atoms with Crippen LogP contribution in [-0.2, 0) is 8.85 Å². The van der Waals surface area contributed by atoms with Crippen molar-refractivity contribution in [3.8, 4) is 0 Å². The van der Waals surface area contributed by atoms with Gasteiger partial charge in [-0.15, -0.1) is 0 Å². The molecule has 0 aliphatic carbocycles. The summed E-state index contributed by atoms with van der Waals surface area (Å²) in [5.74, 6) is 0. The Morgan fingerprint density at radius 2 is 1.33 bits per heavy atom. The Kier molecular flexibility index (Phi) is 5.93. The molecule has 0 amide bonds. The molecule has 0 N–H and O–H groups in total. The second-order valence-electron chi connectivity index (χ2n) is 4.64. The van der Waals surface area contributed by atoms with Crippen molar-refractivity contribution in [3.05, 3.63) is 71.9 Å². The minimum atomic E-state index is -2.53. The third-order valence-electron chi connectivity index (χ3n) is 3.19. The van der Waals surface area contributed by atoms with Gasteiger partial charge in [0.15, 0.2) is 0 Å². The molecule has 0 atom stereocenters. The molecule has 2 nitrogen and oxygen atoms in total. The Labute approximate surface area is 128 Å². The predicted octanol–water partition coefficient (Wildman–Crippen LogP) is 3.66. The van der Waals surface area contributed by atoms with Gasteiger partial charge in [-0.25, -0.2) is 0 Å². The van der Waals surface area contributed by atoms with Gasteiger partial charge in [0.1, 0.15) is 0 Å². The third kappa shape index (κ3) is 4.14. The van der Waals surface area contributed by atoms with E-state index in [9.17, 15) is 0 Å². The number of hydrogen-bond donors (Lipinski definition) is 0. The van der Waals surface area contributed by atoms with Crippen LogP contribution in [0.4, 0.5) is 0 Å². The van der Waals surface area contributed by atoms with Crippen LogP contribution in [0.2, 0.25) is 0 Å². The molecule has 2 aromatic carbocycles. The van der Waals surface area contributed by atoms with Gasteiger partial charge in [0, 0.05) is 13.2 Å². The van der Waals surface area contributed by atoms with Crippen molar-refractivity contribution in [3.63, 3.8) is 0 Å². The molecular weight excluding hydrogens is 276 g/mol. The molecule has 0 aliphatic rings. The smallest absolute Gasteiger partial charge is 0.388 e. The van der Waals surface area contributed by atoms with Crippen LogP contribution in [0.3, 0.4) is 0 Å². The van der Waals surface area contributed by atoms with E-state index in [-0.39, 0.29) is 0 Å². The summed E-state index contributed by atoms with van der Waals surface area (Å²) >= 11 is 0. The van der Waals surface area contributed by atoms with Crippen LogP contribution in [0.15, 0.2) is 66.4 Å². The summed E-state index contributed by atoms with van der Waals surface area (Å²) in [4.78, 5) is 0. The summed E-state index contributed by atoms with van der Waals surface area (Å²) in [7, 11) is -2.53. The zero-order valence-corrected chi connectivity index (χ0v) is 13.7. The van der Waals surface area contributed by atoms with Crippen LogP contribution >= 0.6 is 0 Å². The van der Waals surface area contributed by atoms with Crippen molar-refractivity contribution >= 4 is 19.8 Å². The van der Waals surface area contributed by atoms with Gasteiger partial charge < -0.3 is 8.85 Å². The lowest BCUT2D eigenvalue weighted by molar-refractivity contribution is 0.207. The Balaban J connectivity index is 2.37. The van der Waals surface area contributed by atoms with Crippen molar-refractivity contribution < 1.29 is 8.85 Å². The van der Waals surface area contributed by atoms with Crippen LogP contribution in [-0.4, -0.2) is 21.8 Å². The number of benzene rings is 2. The first kappa shape index (κ1) is 15.7.